The average molecular weight is 444 g/mol. The fourth-order valence-electron chi connectivity index (χ4n) is 2.64. The molecule has 0 bridgehead atoms. The number of nitrogens with zero attached hydrogens (tertiary/aromatic N) is 2. The van der Waals surface area contributed by atoms with Crippen molar-refractivity contribution in [2.24, 2.45) is 0 Å². The van der Waals surface area contributed by atoms with Crippen molar-refractivity contribution in [3.05, 3.63) is 60.3 Å². The molecule has 0 saturated heterocycles. The largest absolute Gasteiger partial charge is 0.508 e. The number of aliphatic carboxylic acids is 1. The van der Waals surface area contributed by atoms with E-state index < -0.39 is 22.2 Å². The van der Waals surface area contributed by atoms with Crippen molar-refractivity contribution in [3.63, 3.8) is 0 Å². The lowest BCUT2D eigenvalue weighted by atomic mass is 10.1. The van der Waals surface area contributed by atoms with E-state index in [1.807, 2.05) is 19.0 Å². The molecular weight excluding hydrogens is 425 g/mol. The van der Waals surface area contributed by atoms with Crippen molar-refractivity contribution < 1.29 is 36.6 Å². The molecule has 1 heterocycles. The molecule has 1 aromatic heterocycles. The van der Waals surface area contributed by atoms with Gasteiger partial charge in [0.05, 0.1) is 10.4 Å². The molecule has 0 radical (unpaired) electrons. The second-order valence-electron chi connectivity index (χ2n) is 6.47. The number of halogens is 3. The second kappa shape index (κ2) is 8.76. The Morgan fingerprint density at radius 1 is 1.07 bits per heavy atom. The molecule has 30 heavy (non-hydrogen) atoms. The third-order valence-corrected chi connectivity index (χ3v) is 5.64. The number of alkyl halides is 3. The fourth-order valence-corrected chi connectivity index (χ4v) is 4.01. The molecule has 0 aliphatic heterocycles. The number of phenolic OH excluding ortho intramolecular Hbond substituents is 1. The topological polar surface area (TPSA) is 99.8 Å². The van der Waals surface area contributed by atoms with Gasteiger partial charge in [0.15, 0.2) is 0 Å². The van der Waals surface area contributed by atoms with Crippen LogP contribution in [-0.2, 0) is 21.4 Å². The zero-order valence-electron chi connectivity index (χ0n) is 16.0. The number of aromatic nitrogens is 1. The van der Waals surface area contributed by atoms with Crippen LogP contribution < -0.4 is 0 Å². The molecule has 0 fully saturated rings. The van der Waals surface area contributed by atoms with Gasteiger partial charge in [0, 0.05) is 23.7 Å². The maximum Gasteiger partial charge on any atom is 0.490 e. The van der Waals surface area contributed by atoms with Crippen LogP contribution in [0.1, 0.15) is 5.56 Å². The lowest BCUT2D eigenvalue weighted by molar-refractivity contribution is -0.192. The maximum atomic E-state index is 12.8. The Balaban J connectivity index is 0.000000396. The standard InChI is InChI=1S/C17H18N2O3S.C2HF3O2/c1-18(2)12-15-14-10-11-19(16(14)8-9-17(15)20)23(21,22)13-6-4-3-5-7-13;3-2(4,5)1(6)7/h3-11,20H,12H2,1-2H3;(H,6,7). The molecule has 3 aromatic rings. The number of carboxylic acid groups (broad SMARTS) is 1. The highest BCUT2D eigenvalue weighted by molar-refractivity contribution is 7.90. The number of phenols is 1. The molecule has 0 atom stereocenters. The van der Waals surface area contributed by atoms with E-state index in [-0.39, 0.29) is 10.6 Å². The molecule has 2 N–H and O–H groups in total. The minimum absolute atomic E-state index is 0.168. The van der Waals surface area contributed by atoms with Crippen LogP contribution >= 0.6 is 0 Å². The van der Waals surface area contributed by atoms with Crippen LogP contribution in [0.25, 0.3) is 10.9 Å². The third-order valence-electron chi connectivity index (χ3n) is 3.94. The van der Waals surface area contributed by atoms with Gasteiger partial charge in [-0.1, -0.05) is 18.2 Å². The SMILES string of the molecule is CN(C)Cc1c(O)ccc2c1ccn2S(=O)(=O)c1ccccc1.O=C(O)C(F)(F)F. The van der Waals surface area contributed by atoms with E-state index in [1.165, 1.54) is 16.2 Å². The van der Waals surface area contributed by atoms with Crippen molar-refractivity contribution in [1.29, 1.82) is 0 Å². The van der Waals surface area contributed by atoms with Gasteiger partial charge in [-0.05, 0) is 44.4 Å². The summed E-state index contributed by atoms with van der Waals surface area (Å²) in [6, 6.07) is 13.2. The lowest BCUT2D eigenvalue weighted by Gasteiger charge is -2.13. The number of carboxylic acids is 1. The van der Waals surface area contributed by atoms with Crippen LogP contribution in [0.15, 0.2) is 59.6 Å². The van der Waals surface area contributed by atoms with Gasteiger partial charge in [-0.3, -0.25) is 0 Å². The first-order chi connectivity index (χ1) is 13.9. The molecule has 0 spiro atoms. The van der Waals surface area contributed by atoms with E-state index in [1.54, 1.807) is 42.5 Å². The number of hydrogen-bond acceptors (Lipinski definition) is 5. The van der Waals surface area contributed by atoms with Crippen molar-refractivity contribution >= 4 is 26.9 Å². The van der Waals surface area contributed by atoms with Gasteiger partial charge < -0.3 is 15.1 Å². The molecule has 0 saturated carbocycles. The van der Waals surface area contributed by atoms with Crippen LogP contribution in [0, 0.1) is 0 Å². The molecule has 11 heteroatoms. The van der Waals surface area contributed by atoms with E-state index >= 15 is 0 Å². The van der Waals surface area contributed by atoms with Gasteiger partial charge in [0.1, 0.15) is 5.75 Å². The molecule has 7 nitrogen and oxygen atoms in total. The molecule has 2 aromatic carbocycles. The zero-order chi connectivity index (χ0) is 22.7. The van der Waals surface area contributed by atoms with Crippen LogP contribution in [0.3, 0.4) is 0 Å². The highest BCUT2D eigenvalue weighted by Crippen LogP contribution is 2.31. The van der Waals surface area contributed by atoms with Crippen molar-refractivity contribution in [2.45, 2.75) is 17.6 Å². The Bertz CT molecular complexity index is 1140. The Morgan fingerprint density at radius 3 is 2.13 bits per heavy atom. The van der Waals surface area contributed by atoms with Gasteiger partial charge in [-0.2, -0.15) is 13.2 Å². The van der Waals surface area contributed by atoms with E-state index in [2.05, 4.69) is 0 Å². The maximum absolute atomic E-state index is 12.8. The molecule has 3 rings (SSSR count). The van der Waals surface area contributed by atoms with Crippen LogP contribution in [0.2, 0.25) is 0 Å². The fraction of sp³-hybridized carbons (Fsp3) is 0.211. The number of aromatic hydroxyl groups is 1. The summed E-state index contributed by atoms with van der Waals surface area (Å²) in [5, 5.41) is 18.0. The first-order valence-corrected chi connectivity index (χ1v) is 9.87. The Kier molecular flexibility index (Phi) is 6.78. The highest BCUT2D eigenvalue weighted by Gasteiger charge is 2.38. The summed E-state index contributed by atoms with van der Waals surface area (Å²) in [7, 11) is 0.139. The van der Waals surface area contributed by atoms with Crippen molar-refractivity contribution in [3.8, 4) is 5.75 Å². The zero-order valence-corrected chi connectivity index (χ0v) is 16.8. The quantitative estimate of drug-likeness (QED) is 0.641. The minimum atomic E-state index is -5.08. The van der Waals surface area contributed by atoms with Gasteiger partial charge >= 0.3 is 12.1 Å². The summed E-state index contributed by atoms with van der Waals surface area (Å²) in [4.78, 5) is 11.1. The number of carbonyl (C=O) groups is 1. The summed E-state index contributed by atoms with van der Waals surface area (Å²) in [5.74, 6) is -2.59. The number of fused-ring (bicyclic) bond motifs is 1. The first-order valence-electron chi connectivity index (χ1n) is 8.43. The summed E-state index contributed by atoms with van der Waals surface area (Å²) >= 11 is 0. The highest BCUT2D eigenvalue weighted by atomic mass is 32.2. The van der Waals surface area contributed by atoms with Crippen molar-refractivity contribution in [1.82, 2.24) is 8.87 Å². The monoisotopic (exact) mass is 444 g/mol. The Hall–Kier alpha value is -3.05. The average Bonchev–Trinajstić information content (AvgIpc) is 3.09. The molecular formula is C19H19F3N2O5S. The molecule has 0 aliphatic carbocycles. The molecule has 0 aliphatic rings. The van der Waals surface area contributed by atoms with Crippen molar-refractivity contribution in [2.75, 3.05) is 14.1 Å². The second-order valence-corrected chi connectivity index (χ2v) is 8.28. The summed E-state index contributed by atoms with van der Waals surface area (Å²) in [5.41, 5.74) is 1.28. The number of benzene rings is 2. The van der Waals surface area contributed by atoms with E-state index in [4.69, 9.17) is 9.90 Å². The summed E-state index contributed by atoms with van der Waals surface area (Å²) < 4.78 is 58.6. The minimum Gasteiger partial charge on any atom is -0.508 e. The van der Waals surface area contributed by atoms with E-state index in [9.17, 15) is 26.7 Å². The summed E-state index contributed by atoms with van der Waals surface area (Å²) in [6.07, 6.45) is -3.55. The third kappa shape index (κ3) is 5.10. The number of rotatable bonds is 4. The van der Waals surface area contributed by atoms with Crippen LogP contribution in [0.4, 0.5) is 13.2 Å². The molecule has 0 amide bonds. The van der Waals surface area contributed by atoms with Crippen LogP contribution in [0.5, 0.6) is 5.75 Å². The first kappa shape index (κ1) is 23.2. The molecule has 0 unspecified atom stereocenters. The predicted octanol–water partition coefficient (Wildman–Crippen LogP) is 3.28. The molecule has 162 valence electrons. The van der Waals surface area contributed by atoms with Crippen LogP contribution in [-0.4, -0.2) is 53.7 Å². The van der Waals surface area contributed by atoms with Gasteiger partial charge in [0.2, 0.25) is 0 Å². The van der Waals surface area contributed by atoms with Gasteiger partial charge in [0.25, 0.3) is 10.0 Å². The van der Waals surface area contributed by atoms with Gasteiger partial charge in [-0.25, -0.2) is 17.2 Å². The normalized spacial score (nSPS) is 11.9. The van der Waals surface area contributed by atoms with Gasteiger partial charge in [-0.15, -0.1) is 0 Å². The smallest absolute Gasteiger partial charge is 0.490 e. The predicted molar refractivity (Wildman–Crippen MR) is 104 cm³/mol. The Labute approximate surface area is 170 Å². The van der Waals surface area contributed by atoms with E-state index in [0.717, 1.165) is 10.9 Å². The van der Waals surface area contributed by atoms with E-state index in [0.29, 0.717) is 12.1 Å². The number of hydrogen-bond donors (Lipinski definition) is 2. The Morgan fingerprint density at radius 2 is 1.63 bits per heavy atom. The lowest BCUT2D eigenvalue weighted by Crippen LogP contribution is -2.21. The summed E-state index contributed by atoms with van der Waals surface area (Å²) in [6.45, 7) is 0.526.